The van der Waals surface area contributed by atoms with E-state index in [1.165, 1.54) is 12.1 Å². The minimum absolute atomic E-state index is 0.00759. The molecule has 13 heteroatoms. The highest BCUT2D eigenvalue weighted by atomic mass is 19.1. The van der Waals surface area contributed by atoms with Crippen molar-refractivity contribution in [3.05, 3.63) is 135 Å². The summed E-state index contributed by atoms with van der Waals surface area (Å²) in [6.07, 6.45) is 0.930. The van der Waals surface area contributed by atoms with Crippen LogP contribution in [0.15, 0.2) is 106 Å². The van der Waals surface area contributed by atoms with Gasteiger partial charge in [-0.15, -0.1) is 0 Å². The third-order valence-corrected chi connectivity index (χ3v) is 9.65. The van der Waals surface area contributed by atoms with Crippen LogP contribution in [0.4, 0.5) is 10.1 Å². The molecular weight excluding hydrogens is 677 g/mol. The van der Waals surface area contributed by atoms with Crippen molar-refractivity contribution in [2.24, 2.45) is 10.1 Å². The van der Waals surface area contributed by atoms with Gasteiger partial charge in [-0.2, -0.15) is 5.10 Å². The molecule has 2 amide bonds. The fraction of sp³-hybridized carbons (Fsp3) is 0.200. The maximum Gasteiger partial charge on any atom is 0.272 e. The Hall–Kier alpha value is -6.63. The Morgan fingerprint density at radius 2 is 1.60 bits per heavy atom. The van der Waals surface area contributed by atoms with Crippen molar-refractivity contribution in [3.8, 4) is 5.88 Å². The summed E-state index contributed by atoms with van der Waals surface area (Å²) in [5.41, 5.74) is 4.70. The lowest BCUT2D eigenvalue weighted by Gasteiger charge is -2.35. The Morgan fingerprint density at radius 3 is 2.42 bits per heavy atom. The number of amides is 2. The minimum atomic E-state index is -0.638. The third-order valence-electron chi connectivity index (χ3n) is 9.65. The Kier molecular flexibility index (Phi) is 8.96. The zero-order chi connectivity index (χ0) is 36.5. The van der Waals surface area contributed by atoms with Crippen molar-refractivity contribution in [3.63, 3.8) is 0 Å². The van der Waals surface area contributed by atoms with Gasteiger partial charge in [0.2, 0.25) is 5.91 Å². The smallest absolute Gasteiger partial charge is 0.272 e. The highest BCUT2D eigenvalue weighted by Gasteiger charge is 2.30. The standard InChI is InChI=1S/C40H34FN7O5/c41-30-22-24(23-33-25-8-1-2-9-26(25)38(50)45-44-33)15-16-27(30)40(52)48-19-17-47(18-20-48)34(49)14-7-21-53-46-36-29-11-4-6-13-32(29)42-37(36)35-28-10-3-5-12-31(28)43-39(35)51/h1-6,8-13,15-16,22,43,51H,7,14,17-21,23H2,(H,45,50)/b46-36+. The number of aromatic hydroxyl groups is 1. The first-order valence-corrected chi connectivity index (χ1v) is 17.4. The van der Waals surface area contributed by atoms with E-state index in [0.29, 0.717) is 58.5 Å². The molecule has 0 bridgehead atoms. The van der Waals surface area contributed by atoms with Crippen LogP contribution in [0.2, 0.25) is 0 Å². The van der Waals surface area contributed by atoms with E-state index in [-0.39, 0.29) is 55.4 Å². The van der Waals surface area contributed by atoms with Crippen molar-refractivity contribution in [2.75, 3.05) is 32.8 Å². The first kappa shape index (κ1) is 33.5. The molecule has 2 aliphatic heterocycles. The molecule has 1 fully saturated rings. The molecule has 0 radical (unpaired) electrons. The van der Waals surface area contributed by atoms with Gasteiger partial charge in [0.25, 0.3) is 11.5 Å². The van der Waals surface area contributed by atoms with E-state index in [1.54, 1.807) is 34.1 Å². The number of rotatable bonds is 9. The van der Waals surface area contributed by atoms with Crippen LogP contribution in [0.3, 0.4) is 0 Å². The number of aromatic nitrogens is 3. The van der Waals surface area contributed by atoms with E-state index < -0.39 is 11.7 Å². The summed E-state index contributed by atoms with van der Waals surface area (Å²) in [6, 6.07) is 26.7. The number of aliphatic imine (C=N–C) groups is 1. The number of oxime groups is 1. The number of nitrogens with one attached hydrogen (secondary N) is 2. The molecule has 0 unspecified atom stereocenters. The molecule has 6 aromatic rings. The van der Waals surface area contributed by atoms with Crippen LogP contribution in [0.25, 0.3) is 21.7 Å². The van der Waals surface area contributed by atoms with E-state index in [4.69, 9.17) is 9.83 Å². The molecule has 12 nitrogen and oxygen atoms in total. The average Bonchev–Trinajstić information content (AvgIpc) is 3.71. The van der Waals surface area contributed by atoms with Crippen LogP contribution in [0.5, 0.6) is 5.88 Å². The molecule has 4 heterocycles. The topological polar surface area (TPSA) is 156 Å². The predicted octanol–water partition coefficient (Wildman–Crippen LogP) is 5.46. The maximum atomic E-state index is 15.3. The molecule has 4 aromatic carbocycles. The molecule has 0 saturated carbocycles. The number of H-pyrrole nitrogens is 2. The molecule has 0 spiro atoms. The van der Waals surface area contributed by atoms with Gasteiger partial charge < -0.3 is 24.7 Å². The van der Waals surface area contributed by atoms with Crippen LogP contribution in [-0.2, 0) is 16.1 Å². The van der Waals surface area contributed by atoms with E-state index in [2.05, 4.69) is 20.3 Å². The zero-order valence-corrected chi connectivity index (χ0v) is 28.5. The summed E-state index contributed by atoms with van der Waals surface area (Å²) in [5.74, 6) is -1.14. The van der Waals surface area contributed by atoms with Crippen molar-refractivity contribution in [1.29, 1.82) is 0 Å². The van der Waals surface area contributed by atoms with E-state index in [9.17, 15) is 19.5 Å². The molecule has 0 aliphatic carbocycles. The van der Waals surface area contributed by atoms with Gasteiger partial charge in [-0.3, -0.25) is 14.4 Å². The lowest BCUT2D eigenvalue weighted by atomic mass is 10.0. The fourth-order valence-electron chi connectivity index (χ4n) is 6.93. The number of carbonyl (C=O) groups excluding carboxylic acids is 2. The van der Waals surface area contributed by atoms with Gasteiger partial charge in [0.1, 0.15) is 23.8 Å². The number of nitrogens with zero attached hydrogens (tertiary/aromatic N) is 5. The quantitative estimate of drug-likeness (QED) is 0.134. The van der Waals surface area contributed by atoms with Crippen molar-refractivity contribution < 1.29 is 23.9 Å². The van der Waals surface area contributed by atoms with Gasteiger partial charge in [-0.25, -0.2) is 14.5 Å². The Balaban J connectivity index is 0.842. The molecule has 3 N–H and O–H groups in total. The number of hydrogen-bond acceptors (Lipinski definition) is 8. The van der Waals surface area contributed by atoms with E-state index in [0.717, 1.165) is 22.2 Å². The average molecular weight is 712 g/mol. The Morgan fingerprint density at radius 1 is 0.887 bits per heavy atom. The number of piperazine rings is 1. The first-order chi connectivity index (χ1) is 25.9. The normalized spacial score (nSPS) is 14.9. The summed E-state index contributed by atoms with van der Waals surface area (Å²) >= 11 is 0. The zero-order valence-electron chi connectivity index (χ0n) is 28.5. The number of para-hydroxylation sites is 2. The maximum absolute atomic E-state index is 15.3. The number of benzene rings is 4. The Bertz CT molecular complexity index is 2520. The van der Waals surface area contributed by atoms with Crippen LogP contribution in [0, 0.1) is 5.82 Å². The SMILES string of the molecule is O=C(CCCO/N=C1/C(c2c(O)[nH]c3ccccc23)=Nc2ccccc21)N1CCN(C(=O)c2ccc(Cc3n[nH]c(=O)c4ccccc34)cc2F)CC1. The highest BCUT2D eigenvalue weighted by molar-refractivity contribution is 6.58. The minimum Gasteiger partial charge on any atom is -0.494 e. The molecule has 2 aromatic heterocycles. The van der Waals surface area contributed by atoms with Gasteiger partial charge in [0.05, 0.1) is 27.9 Å². The van der Waals surface area contributed by atoms with Crippen LogP contribution in [-0.4, -0.2) is 86.1 Å². The molecule has 53 heavy (non-hydrogen) atoms. The van der Waals surface area contributed by atoms with Gasteiger partial charge in [-0.05, 0) is 42.3 Å². The first-order valence-electron chi connectivity index (χ1n) is 17.4. The lowest BCUT2D eigenvalue weighted by Crippen LogP contribution is -2.50. The molecule has 0 atom stereocenters. The van der Waals surface area contributed by atoms with E-state index >= 15 is 4.39 Å². The second-order valence-corrected chi connectivity index (χ2v) is 13.0. The highest BCUT2D eigenvalue weighted by Crippen LogP contribution is 2.35. The molecule has 266 valence electrons. The summed E-state index contributed by atoms with van der Waals surface area (Å²) < 4.78 is 15.3. The monoisotopic (exact) mass is 711 g/mol. The van der Waals surface area contributed by atoms with Gasteiger partial charge >= 0.3 is 0 Å². The number of fused-ring (bicyclic) bond motifs is 3. The summed E-state index contributed by atoms with van der Waals surface area (Å²) in [5, 5.41) is 23.8. The number of carbonyl (C=O) groups is 2. The van der Waals surface area contributed by atoms with Crippen molar-refractivity contribution in [1.82, 2.24) is 25.0 Å². The summed E-state index contributed by atoms with van der Waals surface area (Å²) in [6.45, 7) is 1.43. The largest absolute Gasteiger partial charge is 0.494 e. The van der Waals surface area contributed by atoms with Gasteiger partial charge in [0, 0.05) is 60.9 Å². The van der Waals surface area contributed by atoms with Crippen LogP contribution in [0.1, 0.15) is 45.6 Å². The Labute approximate surface area is 302 Å². The lowest BCUT2D eigenvalue weighted by molar-refractivity contribution is -0.133. The van der Waals surface area contributed by atoms with Crippen molar-refractivity contribution in [2.45, 2.75) is 19.3 Å². The molecule has 8 rings (SSSR count). The van der Waals surface area contributed by atoms with Gasteiger partial charge in [-0.1, -0.05) is 65.8 Å². The second kappa shape index (κ2) is 14.2. The van der Waals surface area contributed by atoms with Crippen LogP contribution >= 0.6 is 0 Å². The van der Waals surface area contributed by atoms with Crippen molar-refractivity contribution >= 4 is 50.6 Å². The number of halogens is 1. The molecular formula is C40H34FN7O5. The molecule has 1 saturated heterocycles. The summed E-state index contributed by atoms with van der Waals surface area (Å²) in [7, 11) is 0. The van der Waals surface area contributed by atoms with Gasteiger partial charge in [0.15, 0.2) is 5.88 Å². The fourth-order valence-corrected chi connectivity index (χ4v) is 6.93. The third kappa shape index (κ3) is 6.52. The predicted molar refractivity (Wildman–Crippen MR) is 198 cm³/mol. The van der Waals surface area contributed by atoms with Crippen LogP contribution < -0.4 is 5.56 Å². The summed E-state index contributed by atoms with van der Waals surface area (Å²) in [4.78, 5) is 55.1. The molecule has 2 aliphatic rings. The number of hydrogen-bond donors (Lipinski definition) is 3. The number of aromatic amines is 2. The second-order valence-electron chi connectivity index (χ2n) is 13.0. The van der Waals surface area contributed by atoms with E-state index in [1.807, 2.05) is 54.6 Å².